The average molecular weight is 518 g/mol. The molecule has 1 aliphatic rings. The first-order chi connectivity index (χ1) is 17.8. The van der Waals surface area contributed by atoms with Gasteiger partial charge in [0, 0.05) is 64.6 Å². The van der Waals surface area contributed by atoms with E-state index in [0.29, 0.717) is 25.0 Å². The largest absolute Gasteiger partial charge is 0.459 e. The zero-order chi connectivity index (χ0) is 27.1. The molecule has 0 spiro atoms. The second-order valence-corrected chi connectivity index (χ2v) is 9.09. The van der Waals surface area contributed by atoms with Crippen LogP contribution in [0.15, 0.2) is 47.0 Å². The van der Waals surface area contributed by atoms with Gasteiger partial charge in [0.15, 0.2) is 12.0 Å². The fraction of sp³-hybridized carbons (Fsp3) is 0.556. The summed E-state index contributed by atoms with van der Waals surface area (Å²) in [5, 5.41) is 9.57. The first kappa shape index (κ1) is 28.6. The minimum atomic E-state index is -0.760. The molecule has 3 atom stereocenters. The lowest BCUT2D eigenvalue weighted by atomic mass is 9.80. The minimum Gasteiger partial charge on any atom is -0.459 e. The summed E-state index contributed by atoms with van der Waals surface area (Å²) in [5.74, 6) is -1.01. The van der Waals surface area contributed by atoms with Crippen LogP contribution in [0.1, 0.15) is 36.9 Å². The molecular formula is C27H39N3O7. The van der Waals surface area contributed by atoms with Crippen LogP contribution >= 0.6 is 0 Å². The molecule has 0 saturated carbocycles. The fourth-order valence-corrected chi connectivity index (χ4v) is 4.80. The van der Waals surface area contributed by atoms with E-state index in [2.05, 4.69) is 0 Å². The fourth-order valence-electron chi connectivity index (χ4n) is 4.80. The maximum atomic E-state index is 13.9. The molecule has 1 aromatic carbocycles. The van der Waals surface area contributed by atoms with Crippen LogP contribution in [0.3, 0.4) is 0 Å². The molecule has 37 heavy (non-hydrogen) atoms. The summed E-state index contributed by atoms with van der Waals surface area (Å²) in [5.41, 5.74) is 1.93. The van der Waals surface area contributed by atoms with Crippen molar-refractivity contribution in [1.29, 1.82) is 0 Å². The molecule has 0 saturated heterocycles. The van der Waals surface area contributed by atoms with Gasteiger partial charge in [-0.25, -0.2) is 4.68 Å². The summed E-state index contributed by atoms with van der Waals surface area (Å²) in [7, 11) is 6.49. The molecule has 2 aromatic rings. The number of likely N-dealkylation sites (N-methyl/N-ethyl adjacent to an activating group) is 1. The van der Waals surface area contributed by atoms with E-state index in [-0.39, 0.29) is 36.3 Å². The summed E-state index contributed by atoms with van der Waals surface area (Å²) < 4.78 is 26.0. The van der Waals surface area contributed by atoms with Crippen molar-refractivity contribution < 1.29 is 28.8 Å². The number of hydrogen-bond donors (Lipinski definition) is 1. The van der Waals surface area contributed by atoms with E-state index in [1.165, 1.54) is 19.1 Å². The molecule has 1 amide bonds. The SMILES string of the molecule is CCO[C@@H]1OC(C(=O)N(C)CC(OC)OC)=C[C@H](c2c(C)n(C)n(-c3ccccc3)c2=O)[C@@H]1CCCO. The molecule has 1 aliphatic heterocycles. The van der Waals surface area contributed by atoms with Crippen molar-refractivity contribution in [2.24, 2.45) is 13.0 Å². The lowest BCUT2D eigenvalue weighted by Gasteiger charge is -2.37. The number of rotatable bonds is 12. The van der Waals surface area contributed by atoms with E-state index in [4.69, 9.17) is 18.9 Å². The van der Waals surface area contributed by atoms with Gasteiger partial charge in [-0.2, -0.15) is 0 Å². The number of ether oxygens (including phenoxy) is 4. The van der Waals surface area contributed by atoms with Crippen molar-refractivity contribution in [3.8, 4) is 5.69 Å². The van der Waals surface area contributed by atoms with Crippen LogP contribution in [-0.4, -0.2) is 78.9 Å². The van der Waals surface area contributed by atoms with Crippen LogP contribution in [0, 0.1) is 12.8 Å². The maximum Gasteiger partial charge on any atom is 0.288 e. The van der Waals surface area contributed by atoms with Gasteiger partial charge in [0.1, 0.15) is 0 Å². The third-order valence-electron chi connectivity index (χ3n) is 6.85. The van der Waals surface area contributed by atoms with Crippen molar-refractivity contribution >= 4 is 5.91 Å². The van der Waals surface area contributed by atoms with Gasteiger partial charge in [-0.1, -0.05) is 18.2 Å². The Morgan fingerprint density at radius 2 is 1.89 bits per heavy atom. The normalized spacial score (nSPS) is 19.6. The van der Waals surface area contributed by atoms with Crippen LogP contribution in [-0.2, 0) is 30.8 Å². The Bertz CT molecular complexity index is 1120. The number of methoxy groups -OCH3 is 2. The van der Waals surface area contributed by atoms with Gasteiger partial charge in [0.25, 0.3) is 11.5 Å². The molecule has 0 bridgehead atoms. The van der Waals surface area contributed by atoms with Gasteiger partial charge in [-0.3, -0.25) is 14.3 Å². The van der Waals surface area contributed by atoms with Crippen molar-refractivity contribution in [3.63, 3.8) is 0 Å². The number of para-hydroxylation sites is 1. The number of aliphatic hydroxyl groups excluding tert-OH is 1. The Morgan fingerprint density at radius 1 is 1.22 bits per heavy atom. The Morgan fingerprint density at radius 3 is 2.49 bits per heavy atom. The smallest absolute Gasteiger partial charge is 0.288 e. The Balaban J connectivity index is 2.12. The van der Waals surface area contributed by atoms with Crippen LogP contribution in [0.5, 0.6) is 0 Å². The number of benzene rings is 1. The lowest BCUT2D eigenvalue weighted by molar-refractivity contribution is -0.172. The molecule has 0 radical (unpaired) electrons. The van der Waals surface area contributed by atoms with E-state index >= 15 is 0 Å². The number of allylic oxidation sites excluding steroid dienone is 1. The highest BCUT2D eigenvalue weighted by Gasteiger charge is 2.41. The monoisotopic (exact) mass is 517 g/mol. The molecular weight excluding hydrogens is 478 g/mol. The number of aliphatic hydroxyl groups is 1. The Kier molecular flexibility index (Phi) is 10.1. The highest BCUT2D eigenvalue weighted by atomic mass is 16.7. The van der Waals surface area contributed by atoms with E-state index in [1.807, 2.05) is 55.9 Å². The predicted molar refractivity (Wildman–Crippen MR) is 138 cm³/mol. The standard InChI is InChI=1S/C27H39N3O7/c1-7-36-27-20(14-11-15-31)21(16-22(37-27)25(32)28(3)17-23(34-5)35-6)24-18(2)29(4)30(26(24)33)19-12-9-8-10-13-19/h8-10,12-13,16,20-21,23,27,31H,7,11,14-15,17H2,1-6H3/t20-,21-,27+/m0/s1. The molecule has 10 nitrogen and oxygen atoms in total. The van der Waals surface area contributed by atoms with E-state index in [9.17, 15) is 14.7 Å². The summed E-state index contributed by atoms with van der Waals surface area (Å²) in [6.45, 7) is 4.30. The molecule has 0 unspecified atom stereocenters. The molecule has 204 valence electrons. The van der Waals surface area contributed by atoms with Crippen LogP contribution in [0.4, 0.5) is 0 Å². The lowest BCUT2D eigenvalue weighted by Crippen LogP contribution is -2.42. The van der Waals surface area contributed by atoms with Crippen LogP contribution in [0.2, 0.25) is 0 Å². The first-order valence-electron chi connectivity index (χ1n) is 12.5. The van der Waals surface area contributed by atoms with Gasteiger partial charge < -0.3 is 29.0 Å². The van der Waals surface area contributed by atoms with E-state index < -0.39 is 18.5 Å². The molecule has 2 heterocycles. The number of carbonyl (C=O) groups excluding carboxylic acids is 1. The van der Waals surface area contributed by atoms with Crippen molar-refractivity contribution in [2.75, 3.05) is 41.0 Å². The second-order valence-electron chi connectivity index (χ2n) is 9.09. The van der Waals surface area contributed by atoms with Gasteiger partial charge in [-0.05, 0) is 44.9 Å². The van der Waals surface area contributed by atoms with Gasteiger partial charge in [0.05, 0.1) is 12.2 Å². The zero-order valence-corrected chi connectivity index (χ0v) is 22.5. The van der Waals surface area contributed by atoms with Gasteiger partial charge in [0.2, 0.25) is 6.29 Å². The summed E-state index contributed by atoms with van der Waals surface area (Å²) in [4.78, 5) is 28.8. The second kappa shape index (κ2) is 13.0. The van der Waals surface area contributed by atoms with Crippen molar-refractivity contribution in [2.45, 2.75) is 45.2 Å². The highest BCUT2D eigenvalue weighted by Crippen LogP contribution is 2.40. The van der Waals surface area contributed by atoms with Crippen LogP contribution < -0.4 is 5.56 Å². The van der Waals surface area contributed by atoms with E-state index in [1.54, 1.807) is 17.8 Å². The first-order valence-corrected chi connectivity index (χ1v) is 12.5. The highest BCUT2D eigenvalue weighted by molar-refractivity contribution is 5.91. The zero-order valence-electron chi connectivity index (χ0n) is 22.5. The summed E-state index contributed by atoms with van der Waals surface area (Å²) in [6, 6.07) is 9.42. The van der Waals surface area contributed by atoms with E-state index in [0.717, 1.165) is 11.4 Å². The van der Waals surface area contributed by atoms with Gasteiger partial charge >= 0.3 is 0 Å². The third-order valence-corrected chi connectivity index (χ3v) is 6.85. The summed E-state index contributed by atoms with van der Waals surface area (Å²) >= 11 is 0. The number of carbonyl (C=O) groups is 1. The molecule has 1 aromatic heterocycles. The maximum absolute atomic E-state index is 13.9. The number of aromatic nitrogens is 2. The topological polar surface area (TPSA) is 104 Å². The minimum absolute atomic E-state index is 0.00223. The molecule has 10 heteroatoms. The van der Waals surface area contributed by atoms with Crippen molar-refractivity contribution in [1.82, 2.24) is 14.3 Å². The molecule has 0 fully saturated rings. The van der Waals surface area contributed by atoms with Crippen molar-refractivity contribution in [3.05, 3.63) is 63.8 Å². The Hall–Kier alpha value is -2.92. The molecule has 1 N–H and O–H groups in total. The number of amides is 1. The van der Waals surface area contributed by atoms with Crippen LogP contribution in [0.25, 0.3) is 5.69 Å². The number of hydrogen-bond acceptors (Lipinski definition) is 7. The molecule has 3 rings (SSSR count). The molecule has 0 aliphatic carbocycles. The average Bonchev–Trinajstić information content (AvgIpc) is 3.13. The number of nitrogens with zero attached hydrogens (tertiary/aromatic N) is 3. The Labute approximate surface area is 218 Å². The third kappa shape index (κ3) is 6.15. The quantitative estimate of drug-likeness (QED) is 0.431. The summed E-state index contributed by atoms with van der Waals surface area (Å²) in [6.07, 6.45) is 1.43. The van der Waals surface area contributed by atoms with Gasteiger partial charge in [-0.15, -0.1) is 0 Å². The predicted octanol–water partition coefficient (Wildman–Crippen LogP) is 2.31.